The second kappa shape index (κ2) is 4.33. The van der Waals surface area contributed by atoms with Crippen LogP contribution < -0.4 is 5.73 Å². The molecule has 2 aromatic heterocycles. The highest BCUT2D eigenvalue weighted by atomic mass is 15.3. The van der Waals surface area contributed by atoms with Crippen LogP contribution in [0, 0.1) is 0 Å². The largest absolute Gasteiger partial charge is 0.328 e. The Morgan fingerprint density at radius 1 is 1.47 bits per heavy atom. The van der Waals surface area contributed by atoms with Crippen molar-refractivity contribution in [1.29, 1.82) is 0 Å². The van der Waals surface area contributed by atoms with Crippen molar-refractivity contribution in [2.75, 3.05) is 0 Å². The van der Waals surface area contributed by atoms with Crippen LogP contribution in [0.4, 0.5) is 0 Å². The minimum atomic E-state index is -0.380. The van der Waals surface area contributed by atoms with Crippen molar-refractivity contribution in [3.63, 3.8) is 0 Å². The highest BCUT2D eigenvalue weighted by Gasteiger charge is 2.21. The fourth-order valence-corrected chi connectivity index (χ4v) is 1.92. The van der Waals surface area contributed by atoms with Crippen molar-refractivity contribution in [2.24, 2.45) is 5.73 Å². The lowest BCUT2D eigenvalue weighted by atomic mass is 10.0. The van der Waals surface area contributed by atoms with E-state index in [9.17, 15) is 0 Å². The summed E-state index contributed by atoms with van der Waals surface area (Å²) in [7, 11) is 0. The molecule has 2 heterocycles. The molecule has 0 saturated heterocycles. The fourth-order valence-electron chi connectivity index (χ4n) is 1.92. The maximum atomic E-state index is 6.13. The number of aromatic nitrogens is 4. The van der Waals surface area contributed by atoms with Gasteiger partial charge in [0.1, 0.15) is 0 Å². The summed E-state index contributed by atoms with van der Waals surface area (Å²) in [6, 6.07) is 2.20. The lowest BCUT2D eigenvalue weighted by Gasteiger charge is -2.24. The molecule has 0 amide bonds. The summed E-state index contributed by atoms with van der Waals surface area (Å²) in [6.45, 7) is 6.92. The molecule has 0 bridgehead atoms. The van der Waals surface area contributed by atoms with Crippen molar-refractivity contribution < 1.29 is 0 Å². The third kappa shape index (κ3) is 2.55. The monoisotopic (exact) mass is 233 g/mol. The standard InChI is InChI=1S/C12H19N5/c1-10(8-16-6-4-5-15-16)17-9-14-7-11(17)12(2,3)13/h4-7,9-10H,8,13H2,1-3H3. The lowest BCUT2D eigenvalue weighted by Crippen LogP contribution is -2.32. The minimum Gasteiger partial charge on any atom is -0.328 e. The molecule has 0 radical (unpaired) electrons. The Hall–Kier alpha value is -1.62. The van der Waals surface area contributed by atoms with Crippen molar-refractivity contribution in [3.8, 4) is 0 Å². The van der Waals surface area contributed by atoms with Gasteiger partial charge in [0, 0.05) is 18.6 Å². The molecule has 92 valence electrons. The molecule has 2 N–H and O–H groups in total. The third-order valence-electron chi connectivity index (χ3n) is 2.81. The maximum absolute atomic E-state index is 6.13. The molecule has 0 aliphatic heterocycles. The van der Waals surface area contributed by atoms with Gasteiger partial charge in [-0.2, -0.15) is 5.10 Å². The number of rotatable bonds is 4. The van der Waals surface area contributed by atoms with Gasteiger partial charge in [-0.05, 0) is 26.8 Å². The topological polar surface area (TPSA) is 61.7 Å². The molecule has 2 aromatic rings. The highest BCUT2D eigenvalue weighted by Crippen LogP contribution is 2.20. The predicted octanol–water partition coefficient (Wildman–Crippen LogP) is 1.53. The van der Waals surface area contributed by atoms with E-state index in [-0.39, 0.29) is 11.6 Å². The zero-order valence-corrected chi connectivity index (χ0v) is 10.5. The van der Waals surface area contributed by atoms with Gasteiger partial charge in [-0.1, -0.05) is 0 Å². The predicted molar refractivity (Wildman–Crippen MR) is 66.4 cm³/mol. The Kier molecular flexibility index (Phi) is 3.02. The van der Waals surface area contributed by atoms with Gasteiger partial charge in [0.2, 0.25) is 0 Å². The van der Waals surface area contributed by atoms with Gasteiger partial charge in [-0.15, -0.1) is 0 Å². The normalized spacial score (nSPS) is 13.9. The van der Waals surface area contributed by atoms with Gasteiger partial charge < -0.3 is 10.3 Å². The number of hydrogen-bond donors (Lipinski definition) is 1. The first kappa shape index (κ1) is 11.9. The number of nitrogens with two attached hydrogens (primary N) is 1. The van der Waals surface area contributed by atoms with Crippen LogP contribution >= 0.6 is 0 Å². The van der Waals surface area contributed by atoms with Gasteiger partial charge in [0.05, 0.1) is 30.1 Å². The van der Waals surface area contributed by atoms with Gasteiger partial charge in [-0.25, -0.2) is 4.98 Å². The van der Waals surface area contributed by atoms with Crippen molar-refractivity contribution >= 4 is 0 Å². The van der Waals surface area contributed by atoms with E-state index in [4.69, 9.17) is 5.73 Å². The number of hydrogen-bond acceptors (Lipinski definition) is 3. The van der Waals surface area contributed by atoms with Crippen molar-refractivity contribution in [2.45, 2.75) is 38.9 Å². The average molecular weight is 233 g/mol. The van der Waals surface area contributed by atoms with Crippen LogP contribution in [0.5, 0.6) is 0 Å². The summed E-state index contributed by atoms with van der Waals surface area (Å²) in [5.74, 6) is 0. The molecule has 17 heavy (non-hydrogen) atoms. The SMILES string of the molecule is CC(Cn1cccn1)n1cncc1C(C)(C)N. The second-order valence-corrected chi connectivity index (χ2v) is 4.98. The van der Waals surface area contributed by atoms with Crippen LogP contribution in [0.1, 0.15) is 32.5 Å². The van der Waals surface area contributed by atoms with E-state index in [1.807, 2.05) is 43.3 Å². The van der Waals surface area contributed by atoms with E-state index >= 15 is 0 Å². The van der Waals surface area contributed by atoms with Crippen molar-refractivity contribution in [3.05, 3.63) is 36.7 Å². The van der Waals surface area contributed by atoms with E-state index < -0.39 is 0 Å². The summed E-state index contributed by atoms with van der Waals surface area (Å²) < 4.78 is 4.03. The molecule has 5 heteroatoms. The molecule has 0 saturated carbocycles. The highest BCUT2D eigenvalue weighted by molar-refractivity contribution is 5.10. The first-order valence-electron chi connectivity index (χ1n) is 5.77. The first-order chi connectivity index (χ1) is 7.98. The fraction of sp³-hybridized carbons (Fsp3) is 0.500. The van der Waals surface area contributed by atoms with Crippen LogP contribution in [0.25, 0.3) is 0 Å². The van der Waals surface area contributed by atoms with Crippen LogP contribution in [-0.2, 0) is 12.1 Å². The Balaban J connectivity index is 2.20. The van der Waals surface area contributed by atoms with E-state index in [2.05, 4.69) is 21.6 Å². The zero-order chi connectivity index (χ0) is 12.5. The molecule has 0 aliphatic rings. The molecule has 1 unspecified atom stereocenters. The van der Waals surface area contributed by atoms with Gasteiger partial charge >= 0.3 is 0 Å². The maximum Gasteiger partial charge on any atom is 0.0951 e. The number of imidazole rings is 1. The van der Waals surface area contributed by atoms with Crippen LogP contribution in [0.3, 0.4) is 0 Å². The molecule has 0 spiro atoms. The Morgan fingerprint density at radius 3 is 2.82 bits per heavy atom. The zero-order valence-electron chi connectivity index (χ0n) is 10.5. The van der Waals surface area contributed by atoms with Gasteiger partial charge in [0.25, 0.3) is 0 Å². The molecular formula is C12H19N5. The van der Waals surface area contributed by atoms with Gasteiger partial charge in [-0.3, -0.25) is 4.68 Å². The van der Waals surface area contributed by atoms with E-state index in [0.29, 0.717) is 0 Å². The van der Waals surface area contributed by atoms with Gasteiger partial charge in [0.15, 0.2) is 0 Å². The van der Waals surface area contributed by atoms with Crippen LogP contribution in [0.15, 0.2) is 31.0 Å². The summed E-state index contributed by atoms with van der Waals surface area (Å²) >= 11 is 0. The Labute approximate surface area is 101 Å². The summed E-state index contributed by atoms with van der Waals surface area (Å²) in [6.07, 6.45) is 7.41. The minimum absolute atomic E-state index is 0.273. The second-order valence-electron chi connectivity index (χ2n) is 4.98. The third-order valence-corrected chi connectivity index (χ3v) is 2.81. The molecule has 0 fully saturated rings. The first-order valence-corrected chi connectivity index (χ1v) is 5.77. The van der Waals surface area contributed by atoms with Crippen LogP contribution in [0.2, 0.25) is 0 Å². The molecule has 5 nitrogen and oxygen atoms in total. The molecule has 0 aliphatic carbocycles. The van der Waals surface area contributed by atoms with Crippen LogP contribution in [-0.4, -0.2) is 19.3 Å². The molecule has 1 atom stereocenters. The Bertz CT molecular complexity index is 463. The molecular weight excluding hydrogens is 214 g/mol. The van der Waals surface area contributed by atoms with E-state index in [1.165, 1.54) is 0 Å². The number of nitrogens with zero attached hydrogens (tertiary/aromatic N) is 4. The summed E-state index contributed by atoms with van der Waals surface area (Å²) in [5.41, 5.74) is 6.79. The smallest absolute Gasteiger partial charge is 0.0951 e. The average Bonchev–Trinajstić information content (AvgIpc) is 2.85. The molecule has 2 rings (SSSR count). The lowest BCUT2D eigenvalue weighted by molar-refractivity contribution is 0.396. The quantitative estimate of drug-likeness (QED) is 0.871. The summed E-state index contributed by atoms with van der Waals surface area (Å²) in [5, 5.41) is 4.21. The molecule has 0 aromatic carbocycles. The Morgan fingerprint density at radius 2 is 2.24 bits per heavy atom. The van der Waals surface area contributed by atoms with E-state index in [0.717, 1.165) is 12.2 Å². The van der Waals surface area contributed by atoms with Crippen molar-refractivity contribution in [1.82, 2.24) is 19.3 Å². The van der Waals surface area contributed by atoms with E-state index in [1.54, 1.807) is 6.20 Å². The summed E-state index contributed by atoms with van der Waals surface area (Å²) in [4.78, 5) is 4.19.